The maximum Gasteiger partial charge on any atom is 0.270 e. The molecule has 0 radical (unpaired) electrons. The van der Waals surface area contributed by atoms with Crippen LogP contribution in [0.15, 0.2) is 41.3 Å². The summed E-state index contributed by atoms with van der Waals surface area (Å²) in [6.45, 7) is 0. The van der Waals surface area contributed by atoms with Crippen molar-refractivity contribution < 1.29 is 17.7 Å². The summed E-state index contributed by atoms with van der Waals surface area (Å²) in [5.41, 5.74) is -0.861. The molecule has 0 aliphatic carbocycles. The van der Waals surface area contributed by atoms with Gasteiger partial charge in [-0.1, -0.05) is 17.7 Å². The number of hydrogen-bond donors (Lipinski definition) is 1. The summed E-state index contributed by atoms with van der Waals surface area (Å²) >= 11 is 5.90. The molecule has 0 aliphatic heterocycles. The number of nitrogens with two attached hydrogens (primary N) is 1. The van der Waals surface area contributed by atoms with Crippen LogP contribution in [-0.2, 0) is 10.0 Å². The summed E-state index contributed by atoms with van der Waals surface area (Å²) < 4.78 is 37.1. The zero-order chi connectivity index (χ0) is 15.8. The highest BCUT2D eigenvalue weighted by Crippen LogP contribution is 2.36. The second-order valence-corrected chi connectivity index (χ2v) is 6.02. The first kappa shape index (κ1) is 15.4. The molecule has 2 rings (SSSR count). The van der Waals surface area contributed by atoms with Crippen LogP contribution in [-0.4, -0.2) is 13.3 Å². The van der Waals surface area contributed by atoms with Gasteiger partial charge < -0.3 is 0 Å². The van der Waals surface area contributed by atoms with Crippen LogP contribution in [0.25, 0.3) is 11.1 Å². The first-order valence-corrected chi connectivity index (χ1v) is 7.40. The molecule has 0 saturated carbocycles. The molecule has 0 aromatic heterocycles. The summed E-state index contributed by atoms with van der Waals surface area (Å²) in [5, 5.41) is 15.8. The number of benzene rings is 2. The highest BCUT2D eigenvalue weighted by Gasteiger charge is 2.22. The topological polar surface area (TPSA) is 103 Å². The van der Waals surface area contributed by atoms with E-state index in [9.17, 15) is 22.9 Å². The van der Waals surface area contributed by atoms with Gasteiger partial charge in [0.05, 0.1) is 9.82 Å². The smallest absolute Gasteiger partial charge is 0.258 e. The lowest BCUT2D eigenvalue weighted by molar-refractivity contribution is -0.384. The summed E-state index contributed by atoms with van der Waals surface area (Å²) in [6.07, 6.45) is 0. The Morgan fingerprint density at radius 1 is 1.24 bits per heavy atom. The Bertz CT molecular complexity index is 839. The molecule has 0 atom stereocenters. The Morgan fingerprint density at radius 2 is 1.90 bits per heavy atom. The molecule has 2 aromatic rings. The number of primary sulfonamides is 1. The van der Waals surface area contributed by atoms with Gasteiger partial charge in [-0.15, -0.1) is 0 Å². The van der Waals surface area contributed by atoms with E-state index in [1.165, 1.54) is 12.1 Å². The first-order chi connectivity index (χ1) is 9.71. The predicted octanol–water partition coefficient (Wildman–Crippen LogP) is 2.70. The van der Waals surface area contributed by atoms with Gasteiger partial charge in [-0.2, -0.15) is 0 Å². The zero-order valence-electron chi connectivity index (χ0n) is 10.3. The fourth-order valence-corrected chi connectivity index (χ4v) is 2.79. The van der Waals surface area contributed by atoms with E-state index in [2.05, 4.69) is 0 Å². The Labute approximate surface area is 124 Å². The number of sulfonamides is 1. The van der Waals surface area contributed by atoms with E-state index in [1.807, 2.05) is 0 Å². The highest BCUT2D eigenvalue weighted by atomic mass is 35.5. The summed E-state index contributed by atoms with van der Waals surface area (Å²) in [6, 6.07) is 6.60. The molecule has 6 nitrogen and oxygen atoms in total. The van der Waals surface area contributed by atoms with Crippen molar-refractivity contribution in [3.63, 3.8) is 0 Å². The summed E-state index contributed by atoms with van der Waals surface area (Å²) in [4.78, 5) is 9.60. The molecule has 21 heavy (non-hydrogen) atoms. The van der Waals surface area contributed by atoms with Gasteiger partial charge in [-0.3, -0.25) is 10.1 Å². The van der Waals surface area contributed by atoms with E-state index in [0.717, 1.165) is 24.3 Å². The fraction of sp³-hybridized carbons (Fsp3) is 0. The third-order valence-electron chi connectivity index (χ3n) is 2.71. The van der Waals surface area contributed by atoms with Crippen molar-refractivity contribution in [1.29, 1.82) is 0 Å². The third-order valence-corrected chi connectivity index (χ3v) is 3.99. The van der Waals surface area contributed by atoms with Gasteiger partial charge in [0.25, 0.3) is 5.69 Å². The second-order valence-electron chi connectivity index (χ2n) is 4.08. The van der Waals surface area contributed by atoms with Crippen LogP contribution in [0, 0.1) is 15.9 Å². The molecule has 0 fully saturated rings. The van der Waals surface area contributed by atoms with Gasteiger partial charge in [-0.05, 0) is 18.2 Å². The van der Waals surface area contributed by atoms with Gasteiger partial charge >= 0.3 is 0 Å². The van der Waals surface area contributed by atoms with E-state index in [4.69, 9.17) is 16.7 Å². The molecule has 0 aliphatic rings. The molecule has 0 unspecified atom stereocenters. The van der Waals surface area contributed by atoms with E-state index >= 15 is 0 Å². The van der Waals surface area contributed by atoms with Crippen molar-refractivity contribution in [3.8, 4) is 11.1 Å². The van der Waals surface area contributed by atoms with Gasteiger partial charge in [0.1, 0.15) is 5.82 Å². The molecule has 2 N–H and O–H groups in total. The molecule has 9 heteroatoms. The van der Waals surface area contributed by atoms with E-state index in [0.29, 0.717) is 0 Å². The van der Waals surface area contributed by atoms with Crippen LogP contribution in [0.3, 0.4) is 0 Å². The highest BCUT2D eigenvalue weighted by molar-refractivity contribution is 7.89. The van der Waals surface area contributed by atoms with Gasteiger partial charge in [0, 0.05) is 28.3 Å². The van der Waals surface area contributed by atoms with Gasteiger partial charge in [0.2, 0.25) is 10.0 Å². The monoisotopic (exact) mass is 330 g/mol. The minimum atomic E-state index is -4.22. The Kier molecular flexibility index (Phi) is 3.95. The number of nitro benzene ring substituents is 1. The molecule has 110 valence electrons. The molecule has 0 heterocycles. The minimum absolute atomic E-state index is 0.0319. The fourth-order valence-electron chi connectivity index (χ4n) is 1.82. The van der Waals surface area contributed by atoms with Crippen molar-refractivity contribution in [3.05, 3.63) is 57.4 Å². The van der Waals surface area contributed by atoms with E-state index < -0.39 is 31.2 Å². The standard InChI is InChI=1S/C12H8ClFN2O4S/c13-9-5-4-7(16(17)18)6-8(9)12-10(14)2-1-3-11(12)21(15,19)20/h1-6H,(H2,15,19,20). The lowest BCUT2D eigenvalue weighted by atomic mass is 10.0. The van der Waals surface area contributed by atoms with Gasteiger partial charge in [-0.25, -0.2) is 17.9 Å². The Hall–Kier alpha value is -2.03. The number of non-ortho nitro benzene ring substituents is 1. The molecule has 0 saturated heterocycles. The number of rotatable bonds is 3. The van der Waals surface area contributed by atoms with Crippen molar-refractivity contribution in [2.45, 2.75) is 4.90 Å². The molecular formula is C12H8ClFN2O4S. The normalized spacial score (nSPS) is 11.4. The SMILES string of the molecule is NS(=O)(=O)c1cccc(F)c1-c1cc([N+](=O)[O-])ccc1Cl. The van der Waals surface area contributed by atoms with Crippen LogP contribution in [0.4, 0.5) is 10.1 Å². The maximum absolute atomic E-state index is 14.0. The van der Waals surface area contributed by atoms with Crippen LogP contribution < -0.4 is 5.14 Å². The summed E-state index contributed by atoms with van der Waals surface area (Å²) in [7, 11) is -4.22. The Morgan fingerprint density at radius 3 is 2.48 bits per heavy atom. The molecular weight excluding hydrogens is 323 g/mol. The maximum atomic E-state index is 14.0. The molecule has 2 aromatic carbocycles. The molecule has 0 spiro atoms. The van der Waals surface area contributed by atoms with Crippen molar-refractivity contribution >= 4 is 27.3 Å². The Balaban J connectivity index is 2.85. The number of nitrogens with zero attached hydrogens (tertiary/aromatic N) is 1. The van der Waals surface area contributed by atoms with Crippen LogP contribution in [0.2, 0.25) is 5.02 Å². The molecule has 0 amide bonds. The zero-order valence-corrected chi connectivity index (χ0v) is 11.9. The minimum Gasteiger partial charge on any atom is -0.258 e. The first-order valence-electron chi connectivity index (χ1n) is 5.47. The van der Waals surface area contributed by atoms with Crippen molar-refractivity contribution in [1.82, 2.24) is 0 Å². The lowest BCUT2D eigenvalue weighted by Gasteiger charge is -2.10. The van der Waals surface area contributed by atoms with Gasteiger partial charge in [0.15, 0.2) is 0 Å². The van der Waals surface area contributed by atoms with Crippen molar-refractivity contribution in [2.24, 2.45) is 5.14 Å². The second kappa shape index (κ2) is 5.40. The number of hydrogen-bond acceptors (Lipinski definition) is 4. The van der Waals surface area contributed by atoms with E-state index in [1.54, 1.807) is 0 Å². The van der Waals surface area contributed by atoms with Crippen LogP contribution >= 0.6 is 11.6 Å². The summed E-state index contributed by atoms with van der Waals surface area (Å²) in [5.74, 6) is -0.899. The van der Waals surface area contributed by atoms with Crippen LogP contribution in [0.1, 0.15) is 0 Å². The quantitative estimate of drug-likeness (QED) is 0.690. The predicted molar refractivity (Wildman–Crippen MR) is 74.9 cm³/mol. The lowest BCUT2D eigenvalue weighted by Crippen LogP contribution is -2.14. The van der Waals surface area contributed by atoms with Crippen LogP contribution in [0.5, 0.6) is 0 Å². The average molecular weight is 331 g/mol. The third kappa shape index (κ3) is 3.02. The number of nitro groups is 1. The molecule has 0 bridgehead atoms. The average Bonchev–Trinajstić information content (AvgIpc) is 2.38. The largest absolute Gasteiger partial charge is 0.270 e. The van der Waals surface area contributed by atoms with Crippen molar-refractivity contribution in [2.75, 3.05) is 0 Å². The van der Waals surface area contributed by atoms with E-state index in [-0.39, 0.29) is 16.3 Å². The number of halogens is 2.